The van der Waals surface area contributed by atoms with Gasteiger partial charge in [0.15, 0.2) is 0 Å². The smallest absolute Gasteiger partial charge is 0.104 e. The maximum Gasteiger partial charge on any atom is 0.104 e. The van der Waals surface area contributed by atoms with Crippen molar-refractivity contribution in [3.63, 3.8) is 0 Å². The summed E-state index contributed by atoms with van der Waals surface area (Å²) in [5.41, 5.74) is 5.73. The summed E-state index contributed by atoms with van der Waals surface area (Å²) in [6.45, 7) is 6.01. The summed E-state index contributed by atoms with van der Waals surface area (Å²) in [7, 11) is 1.65. The Morgan fingerprint density at radius 1 is 1.05 bits per heavy atom. The summed E-state index contributed by atoms with van der Waals surface area (Å²) in [5.74, 6) is 0. The Morgan fingerprint density at radius 3 is 2.25 bits per heavy atom. The van der Waals surface area contributed by atoms with E-state index >= 15 is 0 Å². The van der Waals surface area contributed by atoms with Crippen molar-refractivity contribution in [3.05, 3.63) is 21.9 Å². The number of hydrogen-bond donors (Lipinski definition) is 1. The van der Waals surface area contributed by atoms with Crippen molar-refractivity contribution < 1.29 is 18.9 Å². The van der Waals surface area contributed by atoms with Crippen LogP contribution in [0, 0.1) is 6.92 Å². The van der Waals surface area contributed by atoms with Gasteiger partial charge >= 0.3 is 0 Å². The Bertz CT molecular complexity index is 346. The largest absolute Gasteiger partial charge is 0.382 e. The number of aryl methyl sites for hydroxylation is 1. The first-order valence-electron chi connectivity index (χ1n) is 6.80. The van der Waals surface area contributed by atoms with Crippen LogP contribution >= 0.6 is 11.3 Å². The molecule has 1 unspecified atom stereocenters. The Hall–Kier alpha value is -0.500. The molecule has 20 heavy (non-hydrogen) atoms. The van der Waals surface area contributed by atoms with Gasteiger partial charge in [0.25, 0.3) is 0 Å². The number of nitrogens with two attached hydrogens (primary N) is 1. The summed E-state index contributed by atoms with van der Waals surface area (Å²) in [6, 6.07) is 4.15. The second-order valence-corrected chi connectivity index (χ2v) is 5.58. The van der Waals surface area contributed by atoms with Crippen LogP contribution in [-0.4, -0.2) is 53.3 Å². The zero-order valence-corrected chi connectivity index (χ0v) is 13.1. The minimum Gasteiger partial charge on any atom is -0.382 e. The van der Waals surface area contributed by atoms with E-state index in [0.717, 1.165) is 0 Å². The van der Waals surface area contributed by atoms with Crippen LogP contribution in [0.3, 0.4) is 0 Å². The molecule has 0 aromatic carbocycles. The fourth-order valence-corrected chi connectivity index (χ4v) is 2.55. The molecule has 0 radical (unpaired) electrons. The Labute approximate surface area is 125 Å². The number of thiophene rings is 1. The Balaban J connectivity index is 2.02. The summed E-state index contributed by atoms with van der Waals surface area (Å²) < 4.78 is 21.3. The lowest BCUT2D eigenvalue weighted by Gasteiger charge is -2.14. The molecule has 0 aliphatic rings. The maximum absolute atomic E-state index is 5.74. The van der Waals surface area contributed by atoms with E-state index in [1.807, 2.05) is 0 Å². The predicted octanol–water partition coefficient (Wildman–Crippen LogP) is 1.75. The first kappa shape index (κ1) is 17.6. The molecule has 0 aliphatic heterocycles. The molecule has 1 rings (SSSR count). The van der Waals surface area contributed by atoms with Gasteiger partial charge in [0, 0.05) is 23.4 Å². The van der Waals surface area contributed by atoms with Crippen LogP contribution in [-0.2, 0) is 18.9 Å². The third-order valence-corrected chi connectivity index (χ3v) is 3.74. The molecular formula is C14H25NO4S. The molecule has 1 heterocycles. The highest BCUT2D eigenvalue weighted by Crippen LogP contribution is 2.24. The molecule has 0 spiro atoms. The molecule has 0 amide bonds. The highest BCUT2D eigenvalue weighted by atomic mass is 32.1. The number of ether oxygens (including phenoxy) is 4. The molecule has 1 aromatic heterocycles. The molecule has 1 atom stereocenters. The van der Waals surface area contributed by atoms with Crippen molar-refractivity contribution in [2.45, 2.75) is 13.0 Å². The molecule has 5 nitrogen and oxygen atoms in total. The minimum atomic E-state index is -0.0322. The van der Waals surface area contributed by atoms with Gasteiger partial charge in [-0.25, -0.2) is 0 Å². The van der Waals surface area contributed by atoms with Gasteiger partial charge < -0.3 is 24.7 Å². The normalized spacial score (nSPS) is 12.8. The highest BCUT2D eigenvalue weighted by Gasteiger charge is 2.11. The third kappa shape index (κ3) is 7.33. The Morgan fingerprint density at radius 2 is 1.70 bits per heavy atom. The van der Waals surface area contributed by atoms with E-state index in [1.165, 1.54) is 9.75 Å². The van der Waals surface area contributed by atoms with Crippen LogP contribution in [0.25, 0.3) is 0 Å². The number of methoxy groups -OCH3 is 1. The average Bonchev–Trinajstić information content (AvgIpc) is 2.87. The molecule has 2 N–H and O–H groups in total. The van der Waals surface area contributed by atoms with E-state index in [1.54, 1.807) is 18.4 Å². The van der Waals surface area contributed by atoms with Crippen LogP contribution in [0.5, 0.6) is 0 Å². The first-order valence-corrected chi connectivity index (χ1v) is 7.62. The molecule has 0 bridgehead atoms. The molecule has 116 valence electrons. The fraction of sp³-hybridized carbons (Fsp3) is 0.714. The monoisotopic (exact) mass is 303 g/mol. The number of hydrogen-bond acceptors (Lipinski definition) is 6. The third-order valence-electron chi connectivity index (χ3n) is 2.64. The van der Waals surface area contributed by atoms with Crippen molar-refractivity contribution in [2.24, 2.45) is 5.73 Å². The van der Waals surface area contributed by atoms with E-state index in [0.29, 0.717) is 46.2 Å². The Kier molecular flexibility index (Phi) is 9.82. The van der Waals surface area contributed by atoms with Gasteiger partial charge in [0.05, 0.1) is 39.6 Å². The second-order valence-electron chi connectivity index (χ2n) is 4.26. The van der Waals surface area contributed by atoms with Crippen LogP contribution in [0.15, 0.2) is 12.1 Å². The quantitative estimate of drug-likeness (QED) is 0.596. The van der Waals surface area contributed by atoms with Gasteiger partial charge in [-0.05, 0) is 19.1 Å². The number of rotatable bonds is 12. The van der Waals surface area contributed by atoms with Crippen LogP contribution in [0.2, 0.25) is 0 Å². The zero-order chi connectivity index (χ0) is 14.6. The standard InChI is InChI=1S/C14H25NO4S/c1-12-3-4-14(20-12)13(11-15)19-10-9-18-8-7-17-6-5-16-2/h3-4,13H,5-11,15H2,1-2H3. The summed E-state index contributed by atoms with van der Waals surface area (Å²) in [5, 5.41) is 0. The molecule has 0 saturated carbocycles. The van der Waals surface area contributed by atoms with E-state index in [-0.39, 0.29) is 6.10 Å². The first-order chi connectivity index (χ1) is 9.77. The van der Waals surface area contributed by atoms with Gasteiger partial charge in [0.1, 0.15) is 6.10 Å². The van der Waals surface area contributed by atoms with E-state index in [2.05, 4.69) is 19.1 Å². The van der Waals surface area contributed by atoms with Crippen molar-refractivity contribution in [2.75, 3.05) is 53.3 Å². The maximum atomic E-state index is 5.74. The van der Waals surface area contributed by atoms with Gasteiger partial charge in [-0.3, -0.25) is 0 Å². The van der Waals surface area contributed by atoms with Gasteiger partial charge in [-0.15, -0.1) is 11.3 Å². The van der Waals surface area contributed by atoms with Crippen molar-refractivity contribution in [1.82, 2.24) is 0 Å². The van der Waals surface area contributed by atoms with Crippen LogP contribution < -0.4 is 5.73 Å². The topological polar surface area (TPSA) is 62.9 Å². The molecule has 6 heteroatoms. The van der Waals surface area contributed by atoms with E-state index in [4.69, 9.17) is 24.7 Å². The van der Waals surface area contributed by atoms with Crippen molar-refractivity contribution in [3.8, 4) is 0 Å². The molecule has 0 aliphatic carbocycles. The predicted molar refractivity (Wildman–Crippen MR) is 80.3 cm³/mol. The lowest BCUT2D eigenvalue weighted by Crippen LogP contribution is -2.18. The summed E-state index contributed by atoms with van der Waals surface area (Å²) in [4.78, 5) is 2.44. The molecule has 0 saturated heterocycles. The average molecular weight is 303 g/mol. The highest BCUT2D eigenvalue weighted by molar-refractivity contribution is 7.12. The fourth-order valence-electron chi connectivity index (χ4n) is 1.61. The van der Waals surface area contributed by atoms with Gasteiger partial charge in [-0.1, -0.05) is 0 Å². The molecule has 1 aromatic rings. The molecular weight excluding hydrogens is 278 g/mol. The SMILES string of the molecule is COCCOCCOCCOC(CN)c1ccc(C)s1. The molecule has 0 fully saturated rings. The summed E-state index contributed by atoms with van der Waals surface area (Å²) >= 11 is 1.72. The lowest BCUT2D eigenvalue weighted by atomic mass is 10.3. The van der Waals surface area contributed by atoms with E-state index < -0.39 is 0 Å². The zero-order valence-electron chi connectivity index (χ0n) is 12.3. The van der Waals surface area contributed by atoms with Crippen LogP contribution in [0.4, 0.5) is 0 Å². The van der Waals surface area contributed by atoms with Gasteiger partial charge in [0.2, 0.25) is 0 Å². The van der Waals surface area contributed by atoms with Crippen molar-refractivity contribution >= 4 is 11.3 Å². The second kappa shape index (κ2) is 11.2. The van der Waals surface area contributed by atoms with Gasteiger partial charge in [-0.2, -0.15) is 0 Å². The minimum absolute atomic E-state index is 0.0322. The van der Waals surface area contributed by atoms with E-state index in [9.17, 15) is 0 Å². The van der Waals surface area contributed by atoms with Crippen molar-refractivity contribution in [1.29, 1.82) is 0 Å². The lowest BCUT2D eigenvalue weighted by molar-refractivity contribution is -0.0139. The van der Waals surface area contributed by atoms with Crippen LogP contribution in [0.1, 0.15) is 15.9 Å². The summed E-state index contributed by atoms with van der Waals surface area (Å²) in [6.07, 6.45) is -0.0322.